The Morgan fingerprint density at radius 2 is 2.12 bits per heavy atom. The molecule has 0 spiro atoms. The van der Waals surface area contributed by atoms with Crippen molar-refractivity contribution >= 4 is 11.7 Å². The van der Waals surface area contributed by atoms with Crippen LogP contribution in [0.25, 0.3) is 5.82 Å². The number of hydrogen-bond donors (Lipinski definition) is 2. The van der Waals surface area contributed by atoms with Gasteiger partial charge in [-0.05, 0) is 26.0 Å². The van der Waals surface area contributed by atoms with E-state index in [1.54, 1.807) is 4.68 Å². The lowest BCUT2D eigenvalue weighted by Crippen LogP contribution is -2.08. The van der Waals surface area contributed by atoms with Gasteiger partial charge in [-0.3, -0.25) is 0 Å². The van der Waals surface area contributed by atoms with Crippen LogP contribution in [0.15, 0.2) is 18.3 Å². The topological polar surface area (TPSA) is 94.0 Å². The minimum absolute atomic E-state index is 0.0301. The van der Waals surface area contributed by atoms with Gasteiger partial charge in [-0.1, -0.05) is 0 Å². The van der Waals surface area contributed by atoms with E-state index in [1.165, 1.54) is 12.3 Å². The summed E-state index contributed by atoms with van der Waals surface area (Å²) in [6.45, 7) is 3.73. The predicted molar refractivity (Wildman–Crippen MR) is 62.2 cm³/mol. The van der Waals surface area contributed by atoms with E-state index in [9.17, 15) is 4.79 Å². The van der Waals surface area contributed by atoms with Crippen molar-refractivity contribution < 1.29 is 9.90 Å². The number of aryl methyl sites for hydroxylation is 2. The van der Waals surface area contributed by atoms with Crippen LogP contribution in [0.3, 0.4) is 0 Å². The van der Waals surface area contributed by atoms with E-state index in [-0.39, 0.29) is 11.3 Å². The van der Waals surface area contributed by atoms with Gasteiger partial charge >= 0.3 is 5.97 Å². The second-order valence-corrected chi connectivity index (χ2v) is 3.77. The highest BCUT2D eigenvalue weighted by Gasteiger charge is 2.12. The number of nitrogens with two attached hydrogens (primary N) is 1. The van der Waals surface area contributed by atoms with Gasteiger partial charge in [0.15, 0.2) is 5.82 Å². The standard InChI is InChI=1S/C11H12N4O2/c1-6-3-7(2)15(14-6)10-4-8(11(16)17)9(12)5-13-10/h3-5H,12H2,1-2H3,(H,16,17). The smallest absolute Gasteiger partial charge is 0.337 e. The molecular weight excluding hydrogens is 220 g/mol. The highest BCUT2D eigenvalue weighted by Crippen LogP contribution is 2.16. The van der Waals surface area contributed by atoms with E-state index in [2.05, 4.69) is 10.1 Å². The number of aromatic carboxylic acids is 1. The number of carboxylic acid groups (broad SMARTS) is 1. The Bertz CT molecular complexity index is 589. The molecule has 0 saturated heterocycles. The van der Waals surface area contributed by atoms with E-state index in [4.69, 9.17) is 10.8 Å². The monoisotopic (exact) mass is 232 g/mol. The van der Waals surface area contributed by atoms with Crippen LogP contribution >= 0.6 is 0 Å². The minimum atomic E-state index is -1.08. The lowest BCUT2D eigenvalue weighted by atomic mass is 10.2. The molecule has 0 unspecified atom stereocenters. The Morgan fingerprint density at radius 1 is 1.41 bits per heavy atom. The third-order valence-corrected chi connectivity index (χ3v) is 2.38. The van der Waals surface area contributed by atoms with Crippen molar-refractivity contribution in [1.82, 2.24) is 14.8 Å². The summed E-state index contributed by atoms with van der Waals surface area (Å²) in [4.78, 5) is 15.0. The summed E-state index contributed by atoms with van der Waals surface area (Å²) in [7, 11) is 0. The molecular formula is C11H12N4O2. The van der Waals surface area contributed by atoms with E-state index >= 15 is 0 Å². The van der Waals surface area contributed by atoms with Gasteiger partial charge in [-0.2, -0.15) is 5.10 Å². The maximum atomic E-state index is 11.0. The Labute approximate surface area is 97.7 Å². The number of rotatable bonds is 2. The number of aromatic nitrogens is 3. The van der Waals surface area contributed by atoms with Gasteiger partial charge in [0.05, 0.1) is 23.1 Å². The van der Waals surface area contributed by atoms with Gasteiger partial charge in [-0.15, -0.1) is 0 Å². The molecule has 2 heterocycles. The minimum Gasteiger partial charge on any atom is -0.478 e. The molecule has 0 aliphatic heterocycles. The number of anilines is 1. The normalized spacial score (nSPS) is 10.5. The molecule has 0 atom stereocenters. The number of nitrogen functional groups attached to an aromatic ring is 1. The second-order valence-electron chi connectivity index (χ2n) is 3.77. The van der Waals surface area contributed by atoms with E-state index in [0.29, 0.717) is 5.82 Å². The van der Waals surface area contributed by atoms with Crippen LogP contribution in [0.2, 0.25) is 0 Å². The number of nitrogens with zero attached hydrogens (tertiary/aromatic N) is 3. The molecule has 0 aliphatic carbocycles. The second kappa shape index (κ2) is 3.89. The first-order valence-electron chi connectivity index (χ1n) is 5.01. The van der Waals surface area contributed by atoms with Gasteiger partial charge in [0, 0.05) is 5.69 Å². The highest BCUT2D eigenvalue weighted by molar-refractivity contribution is 5.93. The van der Waals surface area contributed by atoms with Crippen LogP contribution in [0, 0.1) is 13.8 Å². The Kier molecular flexibility index (Phi) is 2.55. The molecule has 0 fully saturated rings. The number of carboxylic acids is 1. The fourth-order valence-corrected chi connectivity index (χ4v) is 1.62. The molecule has 6 heteroatoms. The number of pyridine rings is 1. The molecule has 6 nitrogen and oxygen atoms in total. The van der Waals surface area contributed by atoms with Crippen molar-refractivity contribution in [1.29, 1.82) is 0 Å². The molecule has 2 rings (SSSR count). The molecule has 88 valence electrons. The summed E-state index contributed by atoms with van der Waals surface area (Å²) >= 11 is 0. The zero-order valence-corrected chi connectivity index (χ0v) is 9.51. The van der Waals surface area contributed by atoms with E-state index in [0.717, 1.165) is 11.4 Å². The molecule has 2 aromatic heterocycles. The first kappa shape index (κ1) is 11.1. The lowest BCUT2D eigenvalue weighted by Gasteiger charge is -2.06. The first-order chi connectivity index (χ1) is 7.99. The van der Waals surface area contributed by atoms with Crippen LogP contribution in [0.1, 0.15) is 21.7 Å². The van der Waals surface area contributed by atoms with Crippen LogP contribution < -0.4 is 5.73 Å². The van der Waals surface area contributed by atoms with E-state index in [1.807, 2.05) is 19.9 Å². The van der Waals surface area contributed by atoms with Gasteiger partial charge in [-0.25, -0.2) is 14.5 Å². The van der Waals surface area contributed by atoms with Crippen molar-refractivity contribution in [2.24, 2.45) is 0 Å². The summed E-state index contributed by atoms with van der Waals surface area (Å²) in [6.07, 6.45) is 1.33. The Hall–Kier alpha value is -2.37. The molecule has 2 aromatic rings. The average Bonchev–Trinajstić information content (AvgIpc) is 2.58. The van der Waals surface area contributed by atoms with Crippen molar-refractivity contribution in [3.05, 3.63) is 35.3 Å². The fourth-order valence-electron chi connectivity index (χ4n) is 1.62. The largest absolute Gasteiger partial charge is 0.478 e. The van der Waals surface area contributed by atoms with Crippen molar-refractivity contribution in [3.63, 3.8) is 0 Å². The zero-order chi connectivity index (χ0) is 12.6. The first-order valence-corrected chi connectivity index (χ1v) is 5.01. The molecule has 0 bridgehead atoms. The van der Waals surface area contributed by atoms with Crippen molar-refractivity contribution in [3.8, 4) is 5.82 Å². The number of carbonyl (C=O) groups is 1. The Balaban J connectivity index is 2.57. The molecule has 0 aliphatic rings. The average molecular weight is 232 g/mol. The molecule has 0 saturated carbocycles. The van der Waals surface area contributed by atoms with Crippen molar-refractivity contribution in [2.75, 3.05) is 5.73 Å². The van der Waals surface area contributed by atoms with Gasteiger partial charge < -0.3 is 10.8 Å². The Morgan fingerprint density at radius 3 is 2.65 bits per heavy atom. The summed E-state index contributed by atoms with van der Waals surface area (Å²) in [5.74, 6) is -0.630. The van der Waals surface area contributed by atoms with E-state index < -0.39 is 5.97 Å². The van der Waals surface area contributed by atoms with Crippen LogP contribution in [-0.4, -0.2) is 25.8 Å². The summed E-state index contributed by atoms with van der Waals surface area (Å²) in [6, 6.07) is 3.30. The molecule has 0 amide bonds. The number of hydrogen-bond acceptors (Lipinski definition) is 4. The van der Waals surface area contributed by atoms with Crippen LogP contribution in [-0.2, 0) is 0 Å². The third kappa shape index (κ3) is 1.96. The molecule has 3 N–H and O–H groups in total. The van der Waals surface area contributed by atoms with Gasteiger partial charge in [0.1, 0.15) is 0 Å². The fraction of sp³-hybridized carbons (Fsp3) is 0.182. The predicted octanol–water partition coefficient (Wildman–Crippen LogP) is 1.16. The van der Waals surface area contributed by atoms with Gasteiger partial charge in [0.2, 0.25) is 0 Å². The zero-order valence-electron chi connectivity index (χ0n) is 9.51. The summed E-state index contributed by atoms with van der Waals surface area (Å²) < 4.78 is 1.58. The quantitative estimate of drug-likeness (QED) is 0.810. The molecule has 17 heavy (non-hydrogen) atoms. The highest BCUT2D eigenvalue weighted by atomic mass is 16.4. The van der Waals surface area contributed by atoms with Crippen molar-refractivity contribution in [2.45, 2.75) is 13.8 Å². The summed E-state index contributed by atoms with van der Waals surface area (Å²) in [5.41, 5.74) is 7.44. The molecule has 0 aromatic carbocycles. The third-order valence-electron chi connectivity index (χ3n) is 2.38. The molecule has 0 radical (unpaired) electrons. The maximum Gasteiger partial charge on any atom is 0.337 e. The maximum absolute atomic E-state index is 11.0. The van der Waals surface area contributed by atoms with Crippen LogP contribution in [0.5, 0.6) is 0 Å². The lowest BCUT2D eigenvalue weighted by molar-refractivity contribution is 0.0698. The summed E-state index contributed by atoms with van der Waals surface area (Å²) in [5, 5.41) is 13.2. The SMILES string of the molecule is Cc1cc(C)n(-c2cc(C(=O)O)c(N)cn2)n1. The van der Waals surface area contributed by atoms with Gasteiger partial charge in [0.25, 0.3) is 0 Å². The van der Waals surface area contributed by atoms with Crippen LogP contribution in [0.4, 0.5) is 5.69 Å².